The lowest BCUT2D eigenvalue weighted by Gasteiger charge is -2.17. The second-order valence-corrected chi connectivity index (χ2v) is 9.08. The molecule has 0 unspecified atom stereocenters. The summed E-state index contributed by atoms with van der Waals surface area (Å²) in [6.07, 6.45) is 3.63. The lowest BCUT2D eigenvalue weighted by molar-refractivity contribution is -0.117. The second kappa shape index (κ2) is 14.5. The number of carbonyl (C=O) groups is 1. The summed E-state index contributed by atoms with van der Waals surface area (Å²) in [5.74, 6) is 0.666. The first-order chi connectivity index (χ1) is 13.8. The van der Waals surface area contributed by atoms with Gasteiger partial charge in [0.05, 0.1) is 39.5 Å². The van der Waals surface area contributed by atoms with Crippen molar-refractivity contribution < 1.29 is 19.0 Å². The van der Waals surface area contributed by atoms with E-state index in [-0.39, 0.29) is 5.91 Å². The van der Waals surface area contributed by atoms with E-state index in [1.807, 2.05) is 12.1 Å². The highest BCUT2D eigenvalue weighted by molar-refractivity contribution is 5.90. The van der Waals surface area contributed by atoms with Crippen LogP contribution in [0.2, 0.25) is 0 Å². The van der Waals surface area contributed by atoms with Crippen molar-refractivity contribution in [1.29, 1.82) is 0 Å². The molecule has 0 bridgehead atoms. The van der Waals surface area contributed by atoms with Crippen LogP contribution in [0.3, 0.4) is 0 Å². The lowest BCUT2D eigenvalue weighted by atomic mass is 9.93. The van der Waals surface area contributed by atoms with E-state index in [1.54, 1.807) is 0 Å². The summed E-state index contributed by atoms with van der Waals surface area (Å²) in [6.45, 7) is 14.4. The largest absolute Gasteiger partial charge is 0.379 e. The van der Waals surface area contributed by atoms with Crippen LogP contribution in [0.25, 0.3) is 0 Å². The van der Waals surface area contributed by atoms with E-state index in [2.05, 4.69) is 52.1 Å². The van der Waals surface area contributed by atoms with Crippen LogP contribution in [-0.2, 0) is 25.4 Å². The molecule has 5 heteroatoms. The van der Waals surface area contributed by atoms with Gasteiger partial charge in [-0.25, -0.2) is 0 Å². The smallest absolute Gasteiger partial charge is 0.226 e. The van der Waals surface area contributed by atoms with Crippen molar-refractivity contribution >= 4 is 11.6 Å². The maximum Gasteiger partial charge on any atom is 0.226 e. The fourth-order valence-corrected chi connectivity index (χ4v) is 2.52. The van der Waals surface area contributed by atoms with Gasteiger partial charge in [-0.15, -0.1) is 0 Å². The van der Waals surface area contributed by atoms with E-state index in [4.69, 9.17) is 14.2 Å². The Kier molecular flexibility index (Phi) is 12.8. The summed E-state index contributed by atoms with van der Waals surface area (Å²) in [5, 5.41) is 2.91. The Morgan fingerprint density at radius 1 is 0.897 bits per heavy atom. The first-order valence-corrected chi connectivity index (χ1v) is 10.9. The van der Waals surface area contributed by atoms with Gasteiger partial charge >= 0.3 is 0 Å². The zero-order valence-corrected chi connectivity index (χ0v) is 19.1. The van der Waals surface area contributed by atoms with Crippen LogP contribution < -0.4 is 5.32 Å². The molecule has 1 aromatic carbocycles. The van der Waals surface area contributed by atoms with Crippen molar-refractivity contribution in [2.24, 2.45) is 11.3 Å². The van der Waals surface area contributed by atoms with E-state index in [9.17, 15) is 4.79 Å². The normalized spacial score (nSPS) is 11.8. The van der Waals surface area contributed by atoms with Crippen LogP contribution >= 0.6 is 0 Å². The number of hydrogen-bond acceptors (Lipinski definition) is 4. The third-order valence-corrected chi connectivity index (χ3v) is 4.46. The van der Waals surface area contributed by atoms with Gasteiger partial charge in [-0.1, -0.05) is 46.8 Å². The lowest BCUT2D eigenvalue weighted by Crippen LogP contribution is -2.16. The van der Waals surface area contributed by atoms with Gasteiger partial charge < -0.3 is 19.5 Å². The molecule has 0 saturated heterocycles. The molecule has 0 aromatic heterocycles. The Balaban J connectivity index is 1.99. The number of benzene rings is 1. The van der Waals surface area contributed by atoms with Crippen LogP contribution in [0.4, 0.5) is 5.69 Å². The molecule has 0 spiro atoms. The Morgan fingerprint density at radius 3 is 2.00 bits per heavy atom. The summed E-state index contributed by atoms with van der Waals surface area (Å²) in [5.41, 5.74) is 2.44. The molecule has 0 aliphatic rings. The van der Waals surface area contributed by atoms with Crippen molar-refractivity contribution in [3.8, 4) is 0 Å². The minimum atomic E-state index is -0.0342. The molecule has 29 heavy (non-hydrogen) atoms. The van der Waals surface area contributed by atoms with Crippen LogP contribution in [-0.4, -0.2) is 45.5 Å². The average molecular weight is 408 g/mol. The fourth-order valence-electron chi connectivity index (χ4n) is 2.52. The monoisotopic (exact) mass is 407 g/mol. The van der Waals surface area contributed by atoms with Crippen molar-refractivity contribution in [1.82, 2.24) is 0 Å². The summed E-state index contributed by atoms with van der Waals surface area (Å²) >= 11 is 0. The molecule has 0 fully saturated rings. The summed E-state index contributed by atoms with van der Waals surface area (Å²) < 4.78 is 16.5. The molecular formula is C24H41NO4. The first kappa shape index (κ1) is 25.6. The van der Waals surface area contributed by atoms with E-state index in [0.717, 1.165) is 25.1 Å². The van der Waals surface area contributed by atoms with Gasteiger partial charge in [-0.05, 0) is 48.3 Å². The summed E-state index contributed by atoms with van der Waals surface area (Å²) in [7, 11) is 0. The summed E-state index contributed by atoms with van der Waals surface area (Å²) in [4.78, 5) is 12.0. The van der Waals surface area contributed by atoms with Crippen LogP contribution in [0.1, 0.15) is 59.4 Å². The molecule has 0 aliphatic carbocycles. The summed E-state index contributed by atoms with van der Waals surface area (Å²) in [6, 6.07) is 8.09. The van der Waals surface area contributed by atoms with Gasteiger partial charge in [-0.3, -0.25) is 4.79 Å². The Bertz CT molecular complexity index is 549. The quantitative estimate of drug-likeness (QED) is 0.412. The Labute approximate surface area is 177 Å². The topological polar surface area (TPSA) is 56.8 Å². The SMILES string of the molecule is CC(C)CCc1ccc(NC(=O)CCOCCOCCOCCC(C)(C)C)cc1. The minimum absolute atomic E-state index is 0.0342. The van der Waals surface area contributed by atoms with Gasteiger partial charge in [0.2, 0.25) is 5.91 Å². The maximum atomic E-state index is 12.0. The van der Waals surface area contributed by atoms with Gasteiger partial charge in [0.25, 0.3) is 0 Å². The predicted octanol–water partition coefficient (Wildman–Crippen LogP) is 5.09. The number of nitrogens with one attached hydrogen (secondary N) is 1. The predicted molar refractivity (Wildman–Crippen MR) is 119 cm³/mol. The molecule has 5 nitrogen and oxygen atoms in total. The van der Waals surface area contributed by atoms with Crippen LogP contribution in [0.5, 0.6) is 0 Å². The van der Waals surface area contributed by atoms with E-state index < -0.39 is 0 Å². The zero-order chi connectivity index (χ0) is 21.5. The third kappa shape index (κ3) is 15.1. The molecule has 0 atom stereocenters. The van der Waals surface area contributed by atoms with E-state index >= 15 is 0 Å². The van der Waals surface area contributed by atoms with E-state index in [1.165, 1.54) is 12.0 Å². The van der Waals surface area contributed by atoms with Crippen molar-refractivity contribution in [2.75, 3.05) is 45.0 Å². The highest BCUT2D eigenvalue weighted by Crippen LogP contribution is 2.17. The fraction of sp³-hybridized carbons (Fsp3) is 0.708. The molecule has 1 amide bonds. The molecule has 166 valence electrons. The second-order valence-electron chi connectivity index (χ2n) is 9.08. The standard InChI is InChI=1S/C24H41NO4/c1-20(2)6-7-21-8-10-22(11-9-21)25-23(26)12-14-27-16-18-29-19-17-28-15-13-24(3,4)5/h8-11,20H,6-7,12-19H2,1-5H3,(H,25,26). The number of rotatable bonds is 15. The Morgan fingerprint density at radius 2 is 1.45 bits per heavy atom. The molecular weight excluding hydrogens is 366 g/mol. The van der Waals surface area contributed by atoms with Crippen molar-refractivity contribution in [2.45, 2.75) is 60.3 Å². The van der Waals surface area contributed by atoms with Crippen LogP contribution in [0.15, 0.2) is 24.3 Å². The van der Waals surface area contributed by atoms with Crippen molar-refractivity contribution in [3.63, 3.8) is 0 Å². The maximum absolute atomic E-state index is 12.0. The van der Waals surface area contributed by atoms with Crippen molar-refractivity contribution in [3.05, 3.63) is 29.8 Å². The molecule has 0 aliphatic heterocycles. The molecule has 1 aromatic rings. The Hall–Kier alpha value is -1.43. The highest BCUT2D eigenvalue weighted by atomic mass is 16.5. The number of ether oxygens (including phenoxy) is 3. The molecule has 0 saturated carbocycles. The number of aryl methyl sites for hydroxylation is 1. The van der Waals surface area contributed by atoms with Gasteiger partial charge in [0.1, 0.15) is 0 Å². The van der Waals surface area contributed by atoms with Crippen LogP contribution in [0, 0.1) is 11.3 Å². The molecule has 1 rings (SSSR count). The average Bonchev–Trinajstić information content (AvgIpc) is 2.64. The number of anilines is 1. The van der Waals surface area contributed by atoms with Gasteiger partial charge in [0.15, 0.2) is 0 Å². The zero-order valence-electron chi connectivity index (χ0n) is 19.1. The number of amides is 1. The number of hydrogen-bond donors (Lipinski definition) is 1. The van der Waals surface area contributed by atoms with Gasteiger partial charge in [0, 0.05) is 12.3 Å². The highest BCUT2D eigenvalue weighted by Gasteiger charge is 2.09. The first-order valence-electron chi connectivity index (χ1n) is 10.9. The molecule has 0 radical (unpaired) electrons. The molecule has 0 heterocycles. The molecule has 1 N–H and O–H groups in total. The van der Waals surface area contributed by atoms with Gasteiger partial charge in [-0.2, -0.15) is 0 Å². The third-order valence-electron chi connectivity index (χ3n) is 4.46. The van der Waals surface area contributed by atoms with E-state index in [0.29, 0.717) is 50.8 Å². The minimum Gasteiger partial charge on any atom is -0.379 e. The number of carbonyl (C=O) groups excluding carboxylic acids is 1.